The first-order chi connectivity index (χ1) is 13.5. The molecule has 2 heterocycles. The summed E-state index contributed by atoms with van der Waals surface area (Å²) in [5.41, 5.74) is -0.849. The minimum Gasteiger partial charge on any atom is -0.376 e. The third kappa shape index (κ3) is 5.15. The van der Waals surface area contributed by atoms with Gasteiger partial charge in [0.2, 0.25) is 11.8 Å². The average Bonchev–Trinajstić information content (AvgIpc) is 3.40. The molecular formula is C22H34N2O3S. The monoisotopic (exact) mass is 406 g/mol. The number of thiophene rings is 1. The summed E-state index contributed by atoms with van der Waals surface area (Å²) in [7, 11) is 0. The summed E-state index contributed by atoms with van der Waals surface area (Å²) in [6.45, 7) is 5.16. The van der Waals surface area contributed by atoms with Gasteiger partial charge in [0, 0.05) is 24.1 Å². The summed E-state index contributed by atoms with van der Waals surface area (Å²) in [5, 5.41) is 5.25. The lowest BCUT2D eigenvalue weighted by molar-refractivity contribution is -0.149. The van der Waals surface area contributed by atoms with Gasteiger partial charge in [0.15, 0.2) is 0 Å². The molecule has 1 saturated heterocycles. The van der Waals surface area contributed by atoms with Crippen LogP contribution in [0.2, 0.25) is 0 Å². The Bertz CT molecular complexity index is 636. The largest absolute Gasteiger partial charge is 0.376 e. The van der Waals surface area contributed by atoms with Gasteiger partial charge in [0.1, 0.15) is 5.54 Å². The van der Waals surface area contributed by atoms with Crippen molar-refractivity contribution in [2.75, 3.05) is 13.2 Å². The van der Waals surface area contributed by atoms with E-state index in [1.807, 2.05) is 31.4 Å². The van der Waals surface area contributed by atoms with Crippen LogP contribution in [0.1, 0.15) is 70.1 Å². The number of nitrogens with one attached hydrogen (secondary N) is 1. The number of carbonyl (C=O) groups is 2. The molecule has 156 valence electrons. The zero-order chi connectivity index (χ0) is 20.0. The second-order valence-electron chi connectivity index (χ2n) is 8.33. The highest BCUT2D eigenvalue weighted by atomic mass is 32.1. The highest BCUT2D eigenvalue weighted by Crippen LogP contribution is 2.27. The van der Waals surface area contributed by atoms with Crippen LogP contribution in [-0.2, 0) is 20.7 Å². The van der Waals surface area contributed by atoms with Crippen molar-refractivity contribution in [2.45, 2.75) is 89.3 Å². The van der Waals surface area contributed by atoms with Gasteiger partial charge in [-0.1, -0.05) is 32.3 Å². The van der Waals surface area contributed by atoms with E-state index in [0.717, 1.165) is 37.2 Å². The van der Waals surface area contributed by atoms with Crippen LogP contribution in [0, 0.1) is 0 Å². The van der Waals surface area contributed by atoms with Gasteiger partial charge in [-0.05, 0) is 50.5 Å². The number of rotatable bonds is 8. The third-order valence-corrected chi connectivity index (χ3v) is 7.21. The molecule has 1 saturated carbocycles. The molecule has 3 rings (SSSR count). The van der Waals surface area contributed by atoms with Gasteiger partial charge in [-0.15, -0.1) is 11.3 Å². The molecule has 6 heteroatoms. The van der Waals surface area contributed by atoms with Gasteiger partial charge in [0.05, 0.1) is 12.5 Å². The SMILES string of the molecule is CC[C@@](C)(C(=O)NC1CCCCC1)N(C[C@H]1CCCO1)C(=O)Cc1cccs1. The lowest BCUT2D eigenvalue weighted by atomic mass is 9.90. The Balaban J connectivity index is 1.76. The molecule has 1 N–H and O–H groups in total. The van der Waals surface area contributed by atoms with Crippen LogP contribution in [0.3, 0.4) is 0 Å². The van der Waals surface area contributed by atoms with Gasteiger partial charge in [0.25, 0.3) is 0 Å². The molecule has 1 aromatic rings. The molecule has 1 aliphatic carbocycles. The van der Waals surface area contributed by atoms with E-state index in [1.165, 1.54) is 19.3 Å². The molecule has 2 aliphatic rings. The lowest BCUT2D eigenvalue weighted by Crippen LogP contribution is -2.61. The van der Waals surface area contributed by atoms with Crippen molar-refractivity contribution in [2.24, 2.45) is 0 Å². The Kier molecular flexibility index (Phi) is 7.52. The first kappa shape index (κ1) is 21.3. The first-order valence-corrected chi connectivity index (χ1v) is 11.7. The van der Waals surface area contributed by atoms with Crippen molar-refractivity contribution in [3.63, 3.8) is 0 Å². The zero-order valence-corrected chi connectivity index (χ0v) is 18.1. The van der Waals surface area contributed by atoms with Crippen molar-refractivity contribution in [1.29, 1.82) is 0 Å². The molecule has 1 aromatic heterocycles. The first-order valence-electron chi connectivity index (χ1n) is 10.8. The van der Waals surface area contributed by atoms with Crippen molar-refractivity contribution in [1.82, 2.24) is 10.2 Å². The van der Waals surface area contributed by atoms with Gasteiger partial charge in [-0.2, -0.15) is 0 Å². The number of carbonyl (C=O) groups excluding carboxylic acids is 2. The molecule has 2 atom stereocenters. The topological polar surface area (TPSA) is 58.6 Å². The smallest absolute Gasteiger partial charge is 0.245 e. The Labute approximate surface area is 172 Å². The maximum absolute atomic E-state index is 13.3. The van der Waals surface area contributed by atoms with E-state index in [2.05, 4.69) is 5.32 Å². The predicted octanol–water partition coefficient (Wildman–Crippen LogP) is 3.92. The number of ether oxygens (including phenoxy) is 1. The van der Waals surface area contributed by atoms with E-state index in [0.29, 0.717) is 19.4 Å². The lowest BCUT2D eigenvalue weighted by Gasteiger charge is -2.42. The van der Waals surface area contributed by atoms with Crippen LogP contribution in [0.25, 0.3) is 0 Å². The summed E-state index contributed by atoms with van der Waals surface area (Å²) in [4.78, 5) is 29.5. The van der Waals surface area contributed by atoms with Crippen LogP contribution in [0.5, 0.6) is 0 Å². The standard InChI is InChI=1S/C22H34N2O3S/c1-3-22(2,21(26)23-17-9-5-4-6-10-17)24(16-18-11-7-13-27-18)20(25)15-19-12-8-14-28-19/h8,12,14,17-18H,3-7,9-11,13,15-16H2,1-2H3,(H,23,26)/t18-,22+/m1/s1. The number of nitrogens with zero attached hydrogens (tertiary/aromatic N) is 1. The third-order valence-electron chi connectivity index (χ3n) is 6.33. The van der Waals surface area contributed by atoms with E-state index >= 15 is 0 Å². The minimum atomic E-state index is -0.849. The van der Waals surface area contributed by atoms with E-state index < -0.39 is 5.54 Å². The maximum atomic E-state index is 13.3. The highest BCUT2D eigenvalue weighted by Gasteiger charge is 2.42. The molecule has 0 aromatic carbocycles. The quantitative estimate of drug-likeness (QED) is 0.712. The van der Waals surface area contributed by atoms with Crippen molar-refractivity contribution < 1.29 is 14.3 Å². The van der Waals surface area contributed by atoms with E-state index in [4.69, 9.17) is 4.74 Å². The van der Waals surface area contributed by atoms with Crippen LogP contribution in [0.4, 0.5) is 0 Å². The summed E-state index contributed by atoms with van der Waals surface area (Å²) >= 11 is 1.59. The molecule has 0 unspecified atom stereocenters. The van der Waals surface area contributed by atoms with Gasteiger partial charge >= 0.3 is 0 Å². The van der Waals surface area contributed by atoms with Crippen molar-refractivity contribution in [3.8, 4) is 0 Å². The fourth-order valence-corrected chi connectivity index (χ4v) is 4.99. The minimum absolute atomic E-state index is 0.0144. The number of hydrogen-bond donors (Lipinski definition) is 1. The number of hydrogen-bond acceptors (Lipinski definition) is 4. The Morgan fingerprint density at radius 2 is 2.04 bits per heavy atom. The van der Waals surface area contributed by atoms with Crippen LogP contribution in [-0.4, -0.2) is 47.6 Å². The number of amides is 2. The van der Waals surface area contributed by atoms with Crippen molar-refractivity contribution in [3.05, 3.63) is 22.4 Å². The van der Waals surface area contributed by atoms with Crippen LogP contribution < -0.4 is 5.32 Å². The van der Waals surface area contributed by atoms with Crippen molar-refractivity contribution >= 4 is 23.2 Å². The summed E-state index contributed by atoms with van der Waals surface area (Å²) in [5.74, 6) is 0.000482. The van der Waals surface area contributed by atoms with E-state index in [-0.39, 0.29) is 24.0 Å². The Morgan fingerprint density at radius 3 is 2.64 bits per heavy atom. The molecule has 0 bridgehead atoms. The maximum Gasteiger partial charge on any atom is 0.245 e. The molecule has 5 nitrogen and oxygen atoms in total. The van der Waals surface area contributed by atoms with E-state index in [1.54, 1.807) is 16.2 Å². The molecule has 2 fully saturated rings. The Morgan fingerprint density at radius 1 is 1.25 bits per heavy atom. The van der Waals surface area contributed by atoms with Crippen LogP contribution in [0.15, 0.2) is 17.5 Å². The summed E-state index contributed by atoms with van der Waals surface area (Å²) in [6.07, 6.45) is 8.62. The zero-order valence-electron chi connectivity index (χ0n) is 17.2. The second-order valence-corrected chi connectivity index (χ2v) is 9.36. The average molecular weight is 407 g/mol. The van der Waals surface area contributed by atoms with Crippen LogP contribution >= 0.6 is 11.3 Å². The van der Waals surface area contributed by atoms with Gasteiger partial charge in [-0.25, -0.2) is 0 Å². The normalized spacial score (nSPS) is 22.6. The fourth-order valence-electron chi connectivity index (χ4n) is 4.29. The van der Waals surface area contributed by atoms with Gasteiger partial charge < -0.3 is 15.0 Å². The molecular weight excluding hydrogens is 372 g/mol. The molecule has 1 aliphatic heterocycles. The molecule has 2 amide bonds. The fraction of sp³-hybridized carbons (Fsp3) is 0.727. The highest BCUT2D eigenvalue weighted by molar-refractivity contribution is 7.10. The second kappa shape index (κ2) is 9.88. The Hall–Kier alpha value is -1.40. The molecule has 0 radical (unpaired) electrons. The molecule has 0 spiro atoms. The summed E-state index contributed by atoms with van der Waals surface area (Å²) < 4.78 is 5.82. The molecule has 28 heavy (non-hydrogen) atoms. The van der Waals surface area contributed by atoms with Gasteiger partial charge in [-0.3, -0.25) is 9.59 Å². The predicted molar refractivity (Wildman–Crippen MR) is 112 cm³/mol. The van der Waals surface area contributed by atoms with E-state index in [9.17, 15) is 9.59 Å². The summed E-state index contributed by atoms with van der Waals surface area (Å²) in [6, 6.07) is 4.19.